The van der Waals surface area contributed by atoms with Crippen molar-refractivity contribution in [3.8, 4) is 0 Å². The summed E-state index contributed by atoms with van der Waals surface area (Å²) in [5.41, 5.74) is 2.90. The molecule has 0 bridgehead atoms. The predicted octanol–water partition coefficient (Wildman–Crippen LogP) is 3.95. The molecule has 0 aliphatic carbocycles. The van der Waals surface area contributed by atoms with Crippen molar-refractivity contribution >= 4 is 28.9 Å². The van der Waals surface area contributed by atoms with Crippen LogP contribution in [0.1, 0.15) is 12.5 Å². The van der Waals surface area contributed by atoms with Gasteiger partial charge in [-0.05, 0) is 48.4 Å². The van der Waals surface area contributed by atoms with Crippen LogP contribution in [0.3, 0.4) is 0 Å². The molecule has 1 amide bonds. The molecule has 0 aliphatic heterocycles. The Balaban J connectivity index is 1.87. The Morgan fingerprint density at radius 3 is 2.55 bits per heavy atom. The number of hydrogen-bond donors (Lipinski definition) is 2. The van der Waals surface area contributed by atoms with Crippen molar-refractivity contribution in [3.05, 3.63) is 59.1 Å². The van der Waals surface area contributed by atoms with Gasteiger partial charge in [-0.15, -0.1) is 0 Å². The summed E-state index contributed by atoms with van der Waals surface area (Å²) in [5.74, 6) is -0.0757. The summed E-state index contributed by atoms with van der Waals surface area (Å²) in [7, 11) is 0. The van der Waals surface area contributed by atoms with Crippen LogP contribution in [0, 0.1) is 0 Å². The summed E-state index contributed by atoms with van der Waals surface area (Å²) in [4.78, 5) is 11.9. The maximum absolute atomic E-state index is 11.9. The molecule has 2 aromatic rings. The van der Waals surface area contributed by atoms with Gasteiger partial charge in [-0.2, -0.15) is 0 Å². The van der Waals surface area contributed by atoms with Crippen LogP contribution in [-0.2, 0) is 11.2 Å². The van der Waals surface area contributed by atoms with E-state index in [0.29, 0.717) is 5.02 Å². The Labute approximate surface area is 124 Å². The number of carbonyl (C=O) groups is 1. The van der Waals surface area contributed by atoms with Gasteiger partial charge in [0.2, 0.25) is 5.91 Å². The van der Waals surface area contributed by atoms with Gasteiger partial charge in [0, 0.05) is 16.4 Å². The van der Waals surface area contributed by atoms with Crippen LogP contribution in [0.25, 0.3) is 0 Å². The minimum Gasteiger partial charge on any atom is -0.376 e. The zero-order chi connectivity index (χ0) is 14.4. The SMILES string of the molecule is CCc1cccc(NC(=O)CNc2ccc(Cl)cc2)c1. The molecule has 0 fully saturated rings. The van der Waals surface area contributed by atoms with Crippen LogP contribution in [0.15, 0.2) is 48.5 Å². The van der Waals surface area contributed by atoms with Crippen molar-refractivity contribution in [2.75, 3.05) is 17.2 Å². The van der Waals surface area contributed by atoms with E-state index in [1.54, 1.807) is 12.1 Å². The molecule has 0 saturated carbocycles. The second kappa shape index (κ2) is 6.96. The Morgan fingerprint density at radius 1 is 1.10 bits per heavy atom. The fourth-order valence-electron chi connectivity index (χ4n) is 1.82. The lowest BCUT2D eigenvalue weighted by Gasteiger charge is -2.08. The first-order valence-corrected chi connectivity index (χ1v) is 6.93. The van der Waals surface area contributed by atoms with Crippen LogP contribution in [-0.4, -0.2) is 12.5 Å². The van der Waals surface area contributed by atoms with Crippen LogP contribution < -0.4 is 10.6 Å². The first kappa shape index (κ1) is 14.4. The molecule has 0 unspecified atom stereocenters. The maximum atomic E-state index is 11.9. The average molecular weight is 289 g/mol. The van der Waals surface area contributed by atoms with Crippen LogP contribution in [0.5, 0.6) is 0 Å². The van der Waals surface area contributed by atoms with E-state index in [2.05, 4.69) is 17.6 Å². The molecule has 3 nitrogen and oxygen atoms in total. The highest BCUT2D eigenvalue weighted by molar-refractivity contribution is 6.30. The number of nitrogens with one attached hydrogen (secondary N) is 2. The van der Waals surface area contributed by atoms with Gasteiger partial charge in [0.15, 0.2) is 0 Å². The molecule has 0 aliphatic rings. The first-order valence-electron chi connectivity index (χ1n) is 6.55. The summed E-state index contributed by atoms with van der Waals surface area (Å²) < 4.78 is 0. The third-order valence-electron chi connectivity index (χ3n) is 2.92. The number of aryl methyl sites for hydroxylation is 1. The minimum atomic E-state index is -0.0757. The number of amides is 1. The monoisotopic (exact) mass is 288 g/mol. The van der Waals surface area contributed by atoms with Crippen molar-refractivity contribution in [1.29, 1.82) is 0 Å². The number of hydrogen-bond acceptors (Lipinski definition) is 2. The smallest absolute Gasteiger partial charge is 0.243 e. The number of anilines is 2. The molecule has 0 spiro atoms. The second-order valence-electron chi connectivity index (χ2n) is 4.46. The Kier molecular flexibility index (Phi) is 5.02. The van der Waals surface area contributed by atoms with Gasteiger partial charge in [0.25, 0.3) is 0 Å². The highest BCUT2D eigenvalue weighted by Crippen LogP contribution is 2.14. The van der Waals surface area contributed by atoms with E-state index >= 15 is 0 Å². The molecule has 0 saturated heterocycles. The lowest BCUT2D eigenvalue weighted by molar-refractivity contribution is -0.114. The molecular formula is C16H17ClN2O. The fourth-order valence-corrected chi connectivity index (χ4v) is 1.95. The van der Waals surface area contributed by atoms with E-state index in [4.69, 9.17) is 11.6 Å². The molecule has 2 aromatic carbocycles. The van der Waals surface area contributed by atoms with Crippen molar-refractivity contribution in [2.45, 2.75) is 13.3 Å². The summed E-state index contributed by atoms with van der Waals surface area (Å²) in [6, 6.07) is 15.1. The highest BCUT2D eigenvalue weighted by Gasteiger charge is 2.02. The first-order chi connectivity index (χ1) is 9.67. The van der Waals surface area contributed by atoms with E-state index in [0.717, 1.165) is 17.8 Å². The maximum Gasteiger partial charge on any atom is 0.243 e. The van der Waals surface area contributed by atoms with Gasteiger partial charge < -0.3 is 10.6 Å². The lowest BCUT2D eigenvalue weighted by Crippen LogP contribution is -2.21. The molecule has 0 heterocycles. The van der Waals surface area contributed by atoms with E-state index in [1.165, 1.54) is 5.56 Å². The molecule has 0 radical (unpaired) electrons. The molecule has 2 N–H and O–H groups in total. The predicted molar refractivity (Wildman–Crippen MR) is 84.4 cm³/mol. The third-order valence-corrected chi connectivity index (χ3v) is 3.17. The largest absolute Gasteiger partial charge is 0.376 e. The molecule has 0 aromatic heterocycles. The lowest BCUT2D eigenvalue weighted by atomic mass is 10.1. The summed E-state index contributed by atoms with van der Waals surface area (Å²) in [6.45, 7) is 2.31. The molecule has 0 atom stereocenters. The fraction of sp³-hybridized carbons (Fsp3) is 0.188. The number of carbonyl (C=O) groups excluding carboxylic acids is 1. The molecule has 20 heavy (non-hydrogen) atoms. The number of benzene rings is 2. The van der Waals surface area contributed by atoms with Crippen LogP contribution >= 0.6 is 11.6 Å². The van der Waals surface area contributed by atoms with Crippen molar-refractivity contribution in [3.63, 3.8) is 0 Å². The normalized spacial score (nSPS) is 10.1. The van der Waals surface area contributed by atoms with Gasteiger partial charge in [-0.1, -0.05) is 30.7 Å². The standard InChI is InChI=1S/C16H17ClN2O/c1-2-12-4-3-5-15(10-12)19-16(20)11-18-14-8-6-13(17)7-9-14/h3-10,18H,2,11H2,1H3,(H,19,20). The Hall–Kier alpha value is -2.00. The van der Waals surface area contributed by atoms with Crippen LogP contribution in [0.4, 0.5) is 11.4 Å². The Morgan fingerprint density at radius 2 is 1.85 bits per heavy atom. The van der Waals surface area contributed by atoms with Crippen molar-refractivity contribution in [2.24, 2.45) is 0 Å². The molecule has 2 rings (SSSR count). The summed E-state index contributed by atoms with van der Waals surface area (Å²) in [5, 5.41) is 6.60. The Bertz CT molecular complexity index is 581. The molecule has 4 heteroatoms. The summed E-state index contributed by atoms with van der Waals surface area (Å²) in [6.07, 6.45) is 0.951. The van der Waals surface area contributed by atoms with Gasteiger partial charge in [-0.3, -0.25) is 4.79 Å². The van der Waals surface area contributed by atoms with Gasteiger partial charge >= 0.3 is 0 Å². The van der Waals surface area contributed by atoms with Gasteiger partial charge in [0.1, 0.15) is 0 Å². The van der Waals surface area contributed by atoms with Crippen molar-refractivity contribution in [1.82, 2.24) is 0 Å². The molecular weight excluding hydrogens is 272 g/mol. The third kappa shape index (κ3) is 4.28. The minimum absolute atomic E-state index is 0.0757. The van der Waals surface area contributed by atoms with E-state index in [1.807, 2.05) is 36.4 Å². The zero-order valence-electron chi connectivity index (χ0n) is 11.3. The summed E-state index contributed by atoms with van der Waals surface area (Å²) >= 11 is 5.80. The van der Waals surface area contributed by atoms with Crippen molar-refractivity contribution < 1.29 is 4.79 Å². The van der Waals surface area contributed by atoms with E-state index < -0.39 is 0 Å². The second-order valence-corrected chi connectivity index (χ2v) is 4.90. The average Bonchev–Trinajstić information content (AvgIpc) is 2.47. The number of rotatable bonds is 5. The highest BCUT2D eigenvalue weighted by atomic mass is 35.5. The van der Waals surface area contributed by atoms with Gasteiger partial charge in [0.05, 0.1) is 6.54 Å². The molecule has 104 valence electrons. The zero-order valence-corrected chi connectivity index (χ0v) is 12.1. The van der Waals surface area contributed by atoms with Gasteiger partial charge in [-0.25, -0.2) is 0 Å². The van der Waals surface area contributed by atoms with E-state index in [9.17, 15) is 4.79 Å². The van der Waals surface area contributed by atoms with Crippen LogP contribution in [0.2, 0.25) is 5.02 Å². The quantitative estimate of drug-likeness (QED) is 0.874. The van der Waals surface area contributed by atoms with E-state index in [-0.39, 0.29) is 12.5 Å². The topological polar surface area (TPSA) is 41.1 Å². The number of halogens is 1.